The lowest BCUT2D eigenvalue weighted by Gasteiger charge is -2.47. The van der Waals surface area contributed by atoms with Gasteiger partial charge in [-0.3, -0.25) is 0 Å². The van der Waals surface area contributed by atoms with Gasteiger partial charge in [0.1, 0.15) is 10.7 Å². The first-order valence-electron chi connectivity index (χ1n) is 10.4. The van der Waals surface area contributed by atoms with Crippen molar-refractivity contribution in [1.82, 2.24) is 4.72 Å². The molecule has 2 fully saturated rings. The van der Waals surface area contributed by atoms with E-state index in [1.165, 1.54) is 24.3 Å². The average molecular weight is 473 g/mol. The molecule has 1 heterocycles. The molecule has 2 aromatic carbocycles. The third-order valence-corrected chi connectivity index (χ3v) is 7.67. The Bertz CT molecular complexity index is 1070. The van der Waals surface area contributed by atoms with E-state index in [0.717, 1.165) is 25.0 Å². The van der Waals surface area contributed by atoms with Crippen molar-refractivity contribution in [3.63, 3.8) is 0 Å². The van der Waals surface area contributed by atoms with Gasteiger partial charge in [0.2, 0.25) is 10.0 Å². The molecule has 10 heteroatoms. The fourth-order valence-corrected chi connectivity index (χ4v) is 5.80. The van der Waals surface area contributed by atoms with E-state index in [9.17, 15) is 26.0 Å². The van der Waals surface area contributed by atoms with Gasteiger partial charge < -0.3 is 10.1 Å². The Morgan fingerprint density at radius 2 is 1.84 bits per heavy atom. The molecule has 2 N–H and O–H groups in total. The van der Waals surface area contributed by atoms with Crippen molar-refractivity contribution >= 4 is 15.7 Å². The summed E-state index contributed by atoms with van der Waals surface area (Å²) in [5.41, 5.74) is -0.354. The number of nitrogens with one attached hydrogen (secondary N) is 2. The Hall–Kier alpha value is -2.17. The number of hydrogen-bond acceptors (Lipinski definition) is 4. The van der Waals surface area contributed by atoms with E-state index in [2.05, 4.69) is 10.0 Å². The fourth-order valence-electron chi connectivity index (χ4n) is 4.30. The van der Waals surface area contributed by atoms with Gasteiger partial charge in [0.25, 0.3) is 0 Å². The van der Waals surface area contributed by atoms with Crippen molar-refractivity contribution in [2.24, 2.45) is 5.92 Å². The summed E-state index contributed by atoms with van der Waals surface area (Å²) in [6, 6.07) is 7.34. The topological polar surface area (TPSA) is 67.4 Å². The lowest BCUT2D eigenvalue weighted by atomic mass is 9.73. The average Bonchev–Trinajstić information content (AvgIpc) is 2.72. The Morgan fingerprint density at radius 3 is 2.50 bits per heavy atom. The van der Waals surface area contributed by atoms with Crippen molar-refractivity contribution in [2.75, 3.05) is 11.9 Å². The molecule has 4 atom stereocenters. The van der Waals surface area contributed by atoms with Crippen LogP contribution in [-0.4, -0.2) is 27.2 Å². The maximum absolute atomic E-state index is 13.3. The third kappa shape index (κ3) is 4.77. The quantitative estimate of drug-likeness (QED) is 0.589. The van der Waals surface area contributed by atoms with Crippen molar-refractivity contribution in [3.05, 3.63) is 59.4 Å². The summed E-state index contributed by atoms with van der Waals surface area (Å²) in [6.45, 7) is 2.36. The monoisotopic (exact) mass is 472 g/mol. The summed E-state index contributed by atoms with van der Waals surface area (Å²) in [7, 11) is -4.25. The number of halogens is 4. The number of ether oxygens (including phenoxy) is 1. The molecule has 32 heavy (non-hydrogen) atoms. The number of hydrogen-bond donors (Lipinski definition) is 2. The van der Waals surface area contributed by atoms with Crippen LogP contribution >= 0.6 is 0 Å². The molecule has 2 aromatic rings. The van der Waals surface area contributed by atoms with Crippen molar-refractivity contribution in [1.29, 1.82) is 0 Å². The smallest absolute Gasteiger partial charge is 0.378 e. The highest BCUT2D eigenvalue weighted by Gasteiger charge is 2.45. The first-order chi connectivity index (χ1) is 15.0. The van der Waals surface area contributed by atoms with Crippen LogP contribution in [0.4, 0.5) is 23.2 Å². The summed E-state index contributed by atoms with van der Waals surface area (Å²) in [5.74, 6) is -0.396. The highest BCUT2D eigenvalue weighted by atomic mass is 32.2. The molecule has 1 aliphatic heterocycles. The van der Waals surface area contributed by atoms with Crippen LogP contribution in [0.3, 0.4) is 0 Å². The normalized spacial score (nSPS) is 24.3. The molecule has 0 aromatic heterocycles. The van der Waals surface area contributed by atoms with E-state index >= 15 is 0 Å². The Morgan fingerprint density at radius 1 is 1.12 bits per heavy atom. The Balaban J connectivity index is 1.62. The Kier molecular flexibility index (Phi) is 6.21. The Labute approximate surface area is 184 Å². The van der Waals surface area contributed by atoms with Gasteiger partial charge in [0, 0.05) is 24.6 Å². The molecule has 0 unspecified atom stereocenters. The van der Waals surface area contributed by atoms with Gasteiger partial charge in [0.05, 0.1) is 17.4 Å². The van der Waals surface area contributed by atoms with Gasteiger partial charge in [-0.25, -0.2) is 17.5 Å². The largest absolute Gasteiger partial charge is 0.416 e. The second-order valence-corrected chi connectivity index (χ2v) is 9.99. The first kappa shape index (κ1) is 23.0. The van der Waals surface area contributed by atoms with Crippen LogP contribution in [0.25, 0.3) is 0 Å². The molecule has 0 radical (unpaired) electrons. The van der Waals surface area contributed by atoms with Crippen LogP contribution in [-0.2, 0) is 20.9 Å². The molecule has 0 amide bonds. The van der Waals surface area contributed by atoms with Crippen LogP contribution in [0, 0.1) is 11.7 Å². The zero-order valence-corrected chi connectivity index (χ0v) is 18.1. The van der Waals surface area contributed by atoms with Crippen molar-refractivity contribution in [2.45, 2.75) is 55.4 Å². The van der Waals surface area contributed by atoms with Crippen LogP contribution in [0.2, 0.25) is 0 Å². The van der Waals surface area contributed by atoms with Gasteiger partial charge in [-0.15, -0.1) is 0 Å². The maximum atomic E-state index is 13.3. The zero-order valence-electron chi connectivity index (χ0n) is 17.3. The molecular weight excluding hydrogens is 448 g/mol. The van der Waals surface area contributed by atoms with E-state index in [-0.39, 0.29) is 23.8 Å². The lowest BCUT2D eigenvalue weighted by Crippen LogP contribution is -2.57. The van der Waals surface area contributed by atoms with Gasteiger partial charge in [-0.05, 0) is 62.1 Å². The molecule has 0 spiro atoms. The van der Waals surface area contributed by atoms with E-state index in [4.69, 9.17) is 4.74 Å². The van der Waals surface area contributed by atoms with Crippen LogP contribution in [0.1, 0.15) is 43.4 Å². The van der Waals surface area contributed by atoms with E-state index in [1.807, 2.05) is 0 Å². The van der Waals surface area contributed by atoms with Gasteiger partial charge in [-0.1, -0.05) is 12.1 Å². The summed E-state index contributed by atoms with van der Waals surface area (Å²) < 4.78 is 87.7. The molecule has 174 valence electrons. The van der Waals surface area contributed by atoms with Crippen molar-refractivity contribution < 1.29 is 30.7 Å². The molecule has 1 saturated heterocycles. The van der Waals surface area contributed by atoms with Gasteiger partial charge in [-0.2, -0.15) is 13.2 Å². The minimum Gasteiger partial charge on any atom is -0.378 e. The highest BCUT2D eigenvalue weighted by molar-refractivity contribution is 7.89. The van der Waals surface area contributed by atoms with Crippen LogP contribution < -0.4 is 10.0 Å². The fraction of sp³-hybridized carbons (Fsp3) is 0.455. The number of fused-ring (bicyclic) bond motifs is 1. The van der Waals surface area contributed by atoms with E-state index < -0.39 is 38.5 Å². The molecule has 5 nitrogen and oxygen atoms in total. The third-order valence-electron chi connectivity index (χ3n) is 6.14. The van der Waals surface area contributed by atoms with E-state index in [1.54, 1.807) is 6.92 Å². The number of alkyl halides is 3. The first-order valence-corrected chi connectivity index (χ1v) is 11.9. The summed E-state index contributed by atoms with van der Waals surface area (Å²) in [4.78, 5) is -0.471. The number of sulfonamides is 1. The van der Waals surface area contributed by atoms with Crippen molar-refractivity contribution in [3.8, 4) is 0 Å². The van der Waals surface area contributed by atoms with E-state index in [0.29, 0.717) is 24.7 Å². The van der Waals surface area contributed by atoms with Crippen LogP contribution in [0.15, 0.2) is 47.4 Å². The van der Waals surface area contributed by atoms with Gasteiger partial charge >= 0.3 is 6.18 Å². The minimum atomic E-state index is -4.69. The maximum Gasteiger partial charge on any atom is 0.416 e. The SMILES string of the molecule is C[C@H](Nc1ccc(C(F)(F)F)cc1S(=O)(=O)N[C@@H]1C[C@@H]2OCCC[C@@H]21)c1ccc(F)cc1. The second-order valence-electron chi connectivity index (χ2n) is 8.31. The molecular formula is C22H24F4N2O3S. The molecule has 1 saturated carbocycles. The molecule has 4 rings (SSSR count). The lowest BCUT2D eigenvalue weighted by molar-refractivity contribution is -0.137. The predicted molar refractivity (Wildman–Crippen MR) is 111 cm³/mol. The standard InChI is InChI=1S/C22H24F4N2O3S/c1-13(14-4-7-16(23)8-5-14)27-18-9-6-15(22(24,25)26)11-21(18)32(29,30)28-19-12-20-17(19)3-2-10-31-20/h4-9,11,13,17,19-20,27-28H,2-3,10,12H2,1H3/t13-,17+,19+,20-/m0/s1. The van der Waals surface area contributed by atoms with Gasteiger partial charge in [0.15, 0.2) is 0 Å². The number of rotatable bonds is 6. The number of benzene rings is 2. The van der Waals surface area contributed by atoms with Crippen LogP contribution in [0.5, 0.6) is 0 Å². The second kappa shape index (κ2) is 8.64. The number of anilines is 1. The summed E-state index contributed by atoms with van der Waals surface area (Å²) in [6.07, 6.45) is -2.56. The molecule has 1 aliphatic carbocycles. The summed E-state index contributed by atoms with van der Waals surface area (Å²) >= 11 is 0. The molecule has 0 bridgehead atoms. The summed E-state index contributed by atoms with van der Waals surface area (Å²) in [5, 5.41) is 2.96. The minimum absolute atomic E-state index is 0.00551. The zero-order chi connectivity index (χ0) is 23.1. The molecule has 2 aliphatic rings. The predicted octanol–water partition coefficient (Wildman–Crippen LogP) is 4.86. The highest BCUT2D eigenvalue weighted by Crippen LogP contribution is 2.40.